The van der Waals surface area contributed by atoms with Crippen LogP contribution in [0.3, 0.4) is 0 Å². The number of aliphatic imine (C=N–C) groups is 1. The van der Waals surface area contributed by atoms with Crippen molar-refractivity contribution in [3.63, 3.8) is 0 Å². The van der Waals surface area contributed by atoms with Gasteiger partial charge in [-0.15, -0.1) is 0 Å². The maximum atomic E-state index is 13.3. The van der Waals surface area contributed by atoms with Crippen molar-refractivity contribution in [2.75, 3.05) is 24.6 Å². The lowest BCUT2D eigenvalue weighted by Crippen LogP contribution is -2.57. The van der Waals surface area contributed by atoms with Gasteiger partial charge in [0.2, 0.25) is 0 Å². The Morgan fingerprint density at radius 1 is 1.04 bits per heavy atom. The zero-order valence-corrected chi connectivity index (χ0v) is 32.2. The highest BCUT2D eigenvalue weighted by Crippen LogP contribution is 2.42. The Morgan fingerprint density at radius 3 is 2.30 bits per heavy atom. The molecule has 0 saturated carbocycles. The van der Waals surface area contributed by atoms with E-state index >= 15 is 0 Å². The van der Waals surface area contributed by atoms with Gasteiger partial charge >= 0.3 is 12.1 Å². The summed E-state index contributed by atoms with van der Waals surface area (Å²) in [6.07, 6.45) is 16.5. The van der Waals surface area contributed by atoms with Crippen molar-refractivity contribution in [1.29, 1.82) is 0 Å². The molecule has 2 fully saturated rings. The molecule has 1 aliphatic carbocycles. The maximum Gasteiger partial charge on any atom is 0.410 e. The van der Waals surface area contributed by atoms with E-state index in [9.17, 15) is 4.79 Å². The number of hydrogen-bond donors (Lipinski definition) is 0. The SMILES string of the molecule is C/C=C1\C(=NC(C)CC)C(Br)=Cc2nc(OCC(C)(CCCC)CCCCCC)nc(N3CC4CCC(C3)N4C(=O)OC(C)(C)C)c21. The molecule has 2 aliphatic heterocycles. The number of hydrogen-bond acceptors (Lipinski definition) is 7. The van der Waals surface area contributed by atoms with Crippen molar-refractivity contribution in [2.24, 2.45) is 10.4 Å². The Kier molecular flexibility index (Phi) is 13.0. The number of ether oxygens (including phenoxy) is 2. The summed E-state index contributed by atoms with van der Waals surface area (Å²) in [5.74, 6) is 0.866. The van der Waals surface area contributed by atoms with Gasteiger partial charge < -0.3 is 14.4 Å². The lowest BCUT2D eigenvalue weighted by Gasteiger charge is -2.42. The third kappa shape index (κ3) is 9.39. The van der Waals surface area contributed by atoms with E-state index in [4.69, 9.17) is 24.4 Å². The normalized spacial score (nSPS) is 23.1. The largest absolute Gasteiger partial charge is 0.463 e. The van der Waals surface area contributed by atoms with Crippen LogP contribution >= 0.6 is 15.9 Å². The van der Waals surface area contributed by atoms with E-state index in [1.165, 1.54) is 38.5 Å². The van der Waals surface area contributed by atoms with Crippen LogP contribution in [0, 0.1) is 5.41 Å². The smallest absolute Gasteiger partial charge is 0.410 e. The van der Waals surface area contributed by atoms with Crippen molar-refractivity contribution in [3.05, 3.63) is 21.8 Å². The number of unbranched alkanes of at least 4 members (excludes halogenated alkanes) is 4. The second kappa shape index (κ2) is 16.3. The molecule has 3 aliphatic rings. The molecule has 0 radical (unpaired) electrons. The van der Waals surface area contributed by atoms with Gasteiger partial charge in [-0.2, -0.15) is 9.97 Å². The lowest BCUT2D eigenvalue weighted by molar-refractivity contribution is 0.0122. The fraction of sp³-hybridized carbons (Fsp3) is 0.737. The second-order valence-electron chi connectivity index (χ2n) is 15.2. The summed E-state index contributed by atoms with van der Waals surface area (Å²) in [7, 11) is 0. The Hall–Kier alpha value is -2.42. The molecule has 4 atom stereocenters. The van der Waals surface area contributed by atoms with E-state index in [-0.39, 0.29) is 29.6 Å². The second-order valence-corrected chi connectivity index (χ2v) is 16.1. The highest BCUT2D eigenvalue weighted by molar-refractivity contribution is 9.12. The van der Waals surface area contributed by atoms with Gasteiger partial charge in [-0.1, -0.05) is 72.3 Å². The predicted octanol–water partition coefficient (Wildman–Crippen LogP) is 10.0. The molecule has 4 unspecified atom stereocenters. The summed E-state index contributed by atoms with van der Waals surface area (Å²) >= 11 is 3.84. The summed E-state index contributed by atoms with van der Waals surface area (Å²) in [5, 5.41) is 0. The minimum Gasteiger partial charge on any atom is -0.463 e. The van der Waals surface area contributed by atoms with Crippen molar-refractivity contribution in [3.8, 4) is 6.01 Å². The molecule has 9 heteroatoms. The fourth-order valence-corrected chi connectivity index (χ4v) is 7.57. The number of fused-ring (bicyclic) bond motifs is 3. The number of piperazine rings is 1. The molecule has 1 aromatic rings. The highest BCUT2D eigenvalue weighted by atomic mass is 79.9. The third-order valence-corrected chi connectivity index (χ3v) is 10.4. The van der Waals surface area contributed by atoms with Crippen molar-refractivity contribution in [2.45, 2.75) is 157 Å². The number of carbonyl (C=O) groups excluding carboxylic acids is 1. The van der Waals surface area contributed by atoms with Gasteiger partial charge in [0.05, 0.1) is 35.7 Å². The number of allylic oxidation sites excluding steroid dienone is 3. The van der Waals surface area contributed by atoms with Gasteiger partial charge in [0.25, 0.3) is 0 Å². The predicted molar refractivity (Wildman–Crippen MR) is 199 cm³/mol. The number of rotatable bonds is 14. The van der Waals surface area contributed by atoms with Gasteiger partial charge in [0, 0.05) is 34.6 Å². The summed E-state index contributed by atoms with van der Waals surface area (Å²) in [6, 6.07) is 0.728. The Morgan fingerprint density at radius 2 is 1.70 bits per heavy atom. The van der Waals surface area contributed by atoms with Crippen LogP contribution < -0.4 is 9.64 Å². The van der Waals surface area contributed by atoms with E-state index in [1.54, 1.807) is 0 Å². The Balaban J connectivity index is 1.71. The number of anilines is 1. The van der Waals surface area contributed by atoms with Crippen LogP contribution in [0.1, 0.15) is 144 Å². The van der Waals surface area contributed by atoms with Crippen LogP contribution in [0.2, 0.25) is 0 Å². The van der Waals surface area contributed by atoms with Gasteiger partial charge in [0.1, 0.15) is 11.4 Å². The standard InChI is InChI=1S/C38H60BrN5O3/c1-10-14-16-17-21-38(9,20-15-11-2)25-46-35-41-31-22-30(39)33(40-26(5)12-3)29(13-4)32(31)34(42-35)43-23-27-18-19-28(24-43)44(27)36(45)47-37(6,7)8/h13,22,26-28H,10-12,14-21,23-25H2,1-9H3/b29-13-,40-33?. The first-order chi connectivity index (χ1) is 22.3. The zero-order chi connectivity index (χ0) is 34.4. The highest BCUT2D eigenvalue weighted by Gasteiger charge is 2.45. The maximum absolute atomic E-state index is 13.3. The van der Waals surface area contributed by atoms with Crippen LogP contribution in [-0.2, 0) is 4.74 Å². The van der Waals surface area contributed by atoms with Crippen molar-refractivity contribution < 1.29 is 14.3 Å². The topological polar surface area (TPSA) is 80.2 Å². The summed E-state index contributed by atoms with van der Waals surface area (Å²) in [4.78, 5) is 33.0. The van der Waals surface area contributed by atoms with Crippen molar-refractivity contribution in [1.82, 2.24) is 14.9 Å². The molecule has 1 amide bonds. The molecule has 4 rings (SSSR count). The zero-order valence-electron chi connectivity index (χ0n) is 30.6. The number of amides is 1. The van der Waals surface area contributed by atoms with Crippen LogP contribution in [-0.4, -0.2) is 70.1 Å². The molecule has 0 spiro atoms. The molecule has 1 aromatic heterocycles. The molecule has 2 bridgehead atoms. The first kappa shape index (κ1) is 37.4. The fourth-order valence-electron chi connectivity index (χ4n) is 7.04. The van der Waals surface area contributed by atoms with Gasteiger partial charge in [-0.25, -0.2) is 4.79 Å². The molecule has 2 saturated heterocycles. The van der Waals surface area contributed by atoms with Crippen molar-refractivity contribution >= 4 is 45.2 Å². The third-order valence-electron chi connectivity index (χ3n) is 9.84. The number of nitrogens with zero attached hydrogens (tertiary/aromatic N) is 5. The van der Waals surface area contributed by atoms with E-state index in [2.05, 4.69) is 74.5 Å². The molecule has 0 aromatic carbocycles. The lowest BCUT2D eigenvalue weighted by atomic mass is 9.81. The van der Waals surface area contributed by atoms with Crippen LogP contribution in [0.5, 0.6) is 6.01 Å². The van der Waals surface area contributed by atoms with Gasteiger partial charge in [-0.05, 0) is 88.7 Å². The molecule has 47 heavy (non-hydrogen) atoms. The molecular weight excluding hydrogens is 654 g/mol. The van der Waals surface area contributed by atoms with E-state index in [0.717, 1.165) is 64.9 Å². The number of aromatic nitrogens is 2. The molecule has 0 N–H and O–H groups in total. The van der Waals surface area contributed by atoms with E-state index in [0.29, 0.717) is 25.7 Å². The van der Waals surface area contributed by atoms with Crippen LogP contribution in [0.15, 0.2) is 15.6 Å². The first-order valence-electron chi connectivity index (χ1n) is 18.3. The first-order valence-corrected chi connectivity index (χ1v) is 19.1. The number of halogens is 1. The number of carbonyl (C=O) groups is 1. The summed E-state index contributed by atoms with van der Waals surface area (Å²) in [6.45, 7) is 21.0. The Bertz CT molecular complexity index is 1320. The average Bonchev–Trinajstić information content (AvgIpc) is 3.29. The van der Waals surface area contributed by atoms with E-state index < -0.39 is 5.60 Å². The summed E-state index contributed by atoms with van der Waals surface area (Å²) in [5.41, 5.74) is 3.34. The van der Waals surface area contributed by atoms with Gasteiger partial charge in [0.15, 0.2) is 0 Å². The van der Waals surface area contributed by atoms with Gasteiger partial charge in [-0.3, -0.25) is 9.89 Å². The Labute approximate surface area is 293 Å². The molecule has 8 nitrogen and oxygen atoms in total. The average molecular weight is 715 g/mol. The molecular formula is C38H60BrN5O3. The monoisotopic (exact) mass is 713 g/mol. The molecule has 3 heterocycles. The summed E-state index contributed by atoms with van der Waals surface area (Å²) < 4.78 is 13.3. The van der Waals surface area contributed by atoms with Crippen LogP contribution in [0.25, 0.3) is 11.6 Å². The minimum absolute atomic E-state index is 0.0622. The quantitative estimate of drug-likeness (QED) is 0.179. The van der Waals surface area contributed by atoms with E-state index in [1.807, 2.05) is 25.7 Å². The minimum atomic E-state index is -0.529. The molecule has 262 valence electrons. The van der Waals surface area contributed by atoms with Crippen LogP contribution in [0.4, 0.5) is 10.6 Å².